The third-order valence-corrected chi connectivity index (χ3v) is 3.58. The quantitative estimate of drug-likeness (QED) is 0.727. The number of hydrogen-bond donors (Lipinski definition) is 3. The van der Waals surface area contributed by atoms with E-state index in [1.165, 1.54) is 12.1 Å². The van der Waals surface area contributed by atoms with Crippen LogP contribution >= 0.6 is 0 Å². The first-order valence-corrected chi connectivity index (χ1v) is 7.61. The summed E-state index contributed by atoms with van der Waals surface area (Å²) in [5.41, 5.74) is 7.01. The first-order chi connectivity index (χ1) is 11.5. The van der Waals surface area contributed by atoms with Gasteiger partial charge in [0.1, 0.15) is 11.9 Å². The van der Waals surface area contributed by atoms with Crippen LogP contribution in [0.4, 0.5) is 4.39 Å². The molecule has 0 spiro atoms. The number of nitrogens with two attached hydrogens (primary N) is 1. The van der Waals surface area contributed by atoms with Crippen LogP contribution < -0.4 is 11.1 Å². The molecule has 2 aromatic carbocycles. The number of carboxylic acids is 1. The van der Waals surface area contributed by atoms with E-state index in [4.69, 9.17) is 10.8 Å². The molecule has 5 nitrogen and oxygen atoms in total. The van der Waals surface area contributed by atoms with Gasteiger partial charge >= 0.3 is 5.97 Å². The Labute approximate surface area is 139 Å². The van der Waals surface area contributed by atoms with E-state index >= 15 is 0 Å². The van der Waals surface area contributed by atoms with Gasteiger partial charge in [-0.3, -0.25) is 4.79 Å². The Morgan fingerprint density at radius 3 is 2.42 bits per heavy atom. The lowest BCUT2D eigenvalue weighted by molar-refractivity contribution is -0.139. The zero-order valence-corrected chi connectivity index (χ0v) is 13.0. The van der Waals surface area contributed by atoms with Crippen molar-refractivity contribution in [3.05, 3.63) is 59.9 Å². The number of carbonyl (C=O) groups is 2. The topological polar surface area (TPSA) is 92.4 Å². The minimum absolute atomic E-state index is 0.265. The Morgan fingerprint density at radius 1 is 1.12 bits per heavy atom. The molecule has 0 aromatic heterocycles. The minimum Gasteiger partial charge on any atom is -0.480 e. The Kier molecular flexibility index (Phi) is 6.03. The number of benzene rings is 2. The van der Waals surface area contributed by atoms with Crippen molar-refractivity contribution in [2.45, 2.75) is 18.9 Å². The molecule has 0 saturated heterocycles. The molecule has 0 heterocycles. The van der Waals surface area contributed by atoms with Crippen LogP contribution in [0.5, 0.6) is 0 Å². The molecule has 1 atom stereocenters. The van der Waals surface area contributed by atoms with Crippen molar-refractivity contribution in [1.29, 1.82) is 0 Å². The molecule has 0 fully saturated rings. The van der Waals surface area contributed by atoms with Crippen molar-refractivity contribution in [2.75, 3.05) is 6.54 Å². The number of nitrogens with one attached hydrogen (secondary N) is 1. The molecule has 0 saturated carbocycles. The second kappa shape index (κ2) is 8.21. The highest BCUT2D eigenvalue weighted by Gasteiger charge is 2.20. The highest BCUT2D eigenvalue weighted by molar-refractivity contribution is 5.97. The molecule has 24 heavy (non-hydrogen) atoms. The van der Waals surface area contributed by atoms with Crippen molar-refractivity contribution in [2.24, 2.45) is 5.73 Å². The summed E-state index contributed by atoms with van der Waals surface area (Å²) in [5, 5.41) is 11.7. The summed E-state index contributed by atoms with van der Waals surface area (Å²) in [6, 6.07) is 11.7. The normalized spacial score (nSPS) is 11.8. The van der Waals surface area contributed by atoms with Crippen LogP contribution in [-0.4, -0.2) is 29.6 Å². The number of carbonyl (C=O) groups excluding carboxylic acids is 1. The first-order valence-electron chi connectivity index (χ1n) is 7.61. The summed E-state index contributed by atoms with van der Waals surface area (Å²) in [4.78, 5) is 23.5. The number of hydrogen-bond acceptors (Lipinski definition) is 3. The Hall–Kier alpha value is -2.73. The van der Waals surface area contributed by atoms with Crippen molar-refractivity contribution < 1.29 is 19.1 Å². The van der Waals surface area contributed by atoms with Gasteiger partial charge in [0, 0.05) is 5.56 Å². The SMILES string of the molecule is NCCC[C@H](NC(=O)c1cccc(-c2cccc(F)c2)c1)C(=O)O. The van der Waals surface area contributed by atoms with E-state index in [9.17, 15) is 14.0 Å². The van der Waals surface area contributed by atoms with Crippen molar-refractivity contribution in [3.63, 3.8) is 0 Å². The lowest BCUT2D eigenvalue weighted by Crippen LogP contribution is -2.41. The van der Waals surface area contributed by atoms with Crippen molar-refractivity contribution in [3.8, 4) is 11.1 Å². The molecule has 6 heteroatoms. The molecule has 0 radical (unpaired) electrons. The third kappa shape index (κ3) is 4.63. The zero-order valence-electron chi connectivity index (χ0n) is 13.0. The molecule has 0 aliphatic heterocycles. The van der Waals surface area contributed by atoms with Gasteiger partial charge in [0.2, 0.25) is 0 Å². The van der Waals surface area contributed by atoms with Crippen LogP contribution in [0.3, 0.4) is 0 Å². The number of aliphatic carboxylic acids is 1. The van der Waals surface area contributed by atoms with Crippen LogP contribution in [0.2, 0.25) is 0 Å². The highest BCUT2D eigenvalue weighted by Crippen LogP contribution is 2.21. The smallest absolute Gasteiger partial charge is 0.326 e. The van der Waals surface area contributed by atoms with Crippen LogP contribution in [-0.2, 0) is 4.79 Å². The lowest BCUT2D eigenvalue weighted by atomic mass is 10.0. The second-order valence-electron chi connectivity index (χ2n) is 5.39. The van der Waals surface area contributed by atoms with Crippen LogP contribution in [0.15, 0.2) is 48.5 Å². The summed E-state index contributed by atoms with van der Waals surface area (Å²) in [6.45, 7) is 0.356. The third-order valence-electron chi connectivity index (χ3n) is 3.58. The van der Waals surface area contributed by atoms with E-state index in [2.05, 4.69) is 5.32 Å². The van der Waals surface area contributed by atoms with Gasteiger partial charge in [0.15, 0.2) is 0 Å². The van der Waals surface area contributed by atoms with E-state index in [0.717, 1.165) is 0 Å². The Bertz CT molecular complexity index is 734. The predicted octanol–water partition coefficient (Wildman–Crippen LogP) is 2.41. The molecule has 0 bridgehead atoms. The van der Waals surface area contributed by atoms with Crippen LogP contribution in [0.1, 0.15) is 23.2 Å². The Morgan fingerprint density at radius 2 is 1.79 bits per heavy atom. The summed E-state index contributed by atoms with van der Waals surface area (Å²) in [5.74, 6) is -1.95. The van der Waals surface area contributed by atoms with E-state index in [1.54, 1.807) is 36.4 Å². The maximum Gasteiger partial charge on any atom is 0.326 e. The van der Waals surface area contributed by atoms with Gasteiger partial charge in [-0.05, 0) is 54.8 Å². The molecule has 2 rings (SSSR count). The predicted molar refractivity (Wildman–Crippen MR) is 89.0 cm³/mol. The van der Waals surface area contributed by atoms with Gasteiger partial charge in [-0.25, -0.2) is 9.18 Å². The monoisotopic (exact) mass is 330 g/mol. The standard InChI is InChI=1S/C18H19FN2O3/c19-15-7-2-5-13(11-15)12-4-1-6-14(10-12)17(22)21-16(18(23)24)8-3-9-20/h1-2,4-7,10-11,16H,3,8-9,20H2,(H,21,22)(H,23,24)/t16-/m0/s1. The Balaban J connectivity index is 2.18. The van der Waals surface area contributed by atoms with Gasteiger partial charge in [-0.2, -0.15) is 0 Å². The molecular formula is C18H19FN2O3. The highest BCUT2D eigenvalue weighted by atomic mass is 19.1. The average molecular weight is 330 g/mol. The van der Waals surface area contributed by atoms with Gasteiger partial charge in [-0.1, -0.05) is 24.3 Å². The molecule has 1 amide bonds. The first kappa shape index (κ1) is 17.6. The summed E-state index contributed by atoms with van der Waals surface area (Å²) >= 11 is 0. The van der Waals surface area contributed by atoms with Gasteiger partial charge in [0.05, 0.1) is 0 Å². The molecular weight excluding hydrogens is 311 g/mol. The average Bonchev–Trinajstić information content (AvgIpc) is 2.58. The second-order valence-corrected chi connectivity index (χ2v) is 5.39. The van der Waals surface area contributed by atoms with Gasteiger partial charge in [-0.15, -0.1) is 0 Å². The fraction of sp³-hybridized carbons (Fsp3) is 0.222. The van der Waals surface area contributed by atoms with Crippen molar-refractivity contribution >= 4 is 11.9 Å². The van der Waals surface area contributed by atoms with Crippen LogP contribution in [0.25, 0.3) is 11.1 Å². The molecule has 126 valence electrons. The number of carboxylic acid groups (broad SMARTS) is 1. The fourth-order valence-corrected chi connectivity index (χ4v) is 2.33. The summed E-state index contributed by atoms with van der Waals surface area (Å²) in [6.07, 6.45) is 0.766. The fourth-order valence-electron chi connectivity index (χ4n) is 2.33. The maximum atomic E-state index is 13.3. The molecule has 2 aromatic rings. The van der Waals surface area contributed by atoms with E-state index < -0.39 is 17.9 Å². The molecule has 4 N–H and O–H groups in total. The van der Waals surface area contributed by atoms with Gasteiger partial charge < -0.3 is 16.2 Å². The number of rotatable bonds is 7. The minimum atomic E-state index is -1.10. The van der Waals surface area contributed by atoms with E-state index in [1.807, 2.05) is 0 Å². The number of halogens is 1. The lowest BCUT2D eigenvalue weighted by Gasteiger charge is -2.14. The summed E-state index contributed by atoms with van der Waals surface area (Å²) < 4.78 is 13.3. The summed E-state index contributed by atoms with van der Waals surface area (Å²) in [7, 11) is 0. The molecule has 0 aliphatic rings. The van der Waals surface area contributed by atoms with Crippen LogP contribution in [0, 0.1) is 5.82 Å². The largest absolute Gasteiger partial charge is 0.480 e. The van der Waals surface area contributed by atoms with Crippen molar-refractivity contribution in [1.82, 2.24) is 5.32 Å². The zero-order chi connectivity index (χ0) is 17.5. The maximum absolute atomic E-state index is 13.3. The number of amides is 1. The molecule has 0 aliphatic carbocycles. The van der Waals surface area contributed by atoms with E-state index in [-0.39, 0.29) is 12.2 Å². The van der Waals surface area contributed by atoms with E-state index in [0.29, 0.717) is 29.7 Å². The molecule has 0 unspecified atom stereocenters. The van der Waals surface area contributed by atoms with Gasteiger partial charge in [0.25, 0.3) is 5.91 Å².